The minimum absolute atomic E-state index is 0.189. The van der Waals surface area contributed by atoms with E-state index in [2.05, 4.69) is 4.98 Å². The Morgan fingerprint density at radius 1 is 1.35 bits per heavy atom. The van der Waals surface area contributed by atoms with E-state index in [0.29, 0.717) is 6.54 Å². The predicted octanol–water partition coefficient (Wildman–Crippen LogP) is 1.80. The average Bonchev–Trinajstić information content (AvgIpc) is 2.67. The average molecular weight is 233 g/mol. The van der Waals surface area contributed by atoms with Gasteiger partial charge in [-0.25, -0.2) is 9.37 Å². The van der Waals surface area contributed by atoms with Gasteiger partial charge in [0.25, 0.3) is 0 Å². The zero-order valence-electron chi connectivity index (χ0n) is 9.86. The number of aryl methyl sites for hydroxylation is 3. The van der Waals surface area contributed by atoms with Gasteiger partial charge in [0.05, 0.1) is 12.2 Å². The van der Waals surface area contributed by atoms with Crippen LogP contribution in [0.4, 0.5) is 4.39 Å². The van der Waals surface area contributed by atoms with Crippen LogP contribution in [0.5, 0.6) is 0 Å². The summed E-state index contributed by atoms with van der Waals surface area (Å²) < 4.78 is 14.9. The van der Waals surface area contributed by atoms with E-state index < -0.39 is 0 Å². The van der Waals surface area contributed by atoms with Gasteiger partial charge in [0.1, 0.15) is 11.6 Å². The summed E-state index contributed by atoms with van der Waals surface area (Å²) >= 11 is 0. The van der Waals surface area contributed by atoms with E-state index in [4.69, 9.17) is 5.73 Å². The molecule has 0 unspecified atom stereocenters. The van der Waals surface area contributed by atoms with E-state index in [1.807, 2.05) is 23.9 Å². The van der Waals surface area contributed by atoms with E-state index in [-0.39, 0.29) is 5.82 Å². The molecule has 2 aromatic rings. The van der Waals surface area contributed by atoms with E-state index in [9.17, 15) is 4.39 Å². The van der Waals surface area contributed by atoms with Crippen molar-refractivity contribution in [3.63, 3.8) is 0 Å². The van der Waals surface area contributed by atoms with E-state index in [0.717, 1.165) is 29.9 Å². The zero-order valence-corrected chi connectivity index (χ0v) is 9.86. The lowest BCUT2D eigenvalue weighted by molar-refractivity contribution is 0.625. The Labute approximate surface area is 100 Å². The summed E-state index contributed by atoms with van der Waals surface area (Å²) in [5.41, 5.74) is 7.55. The number of aromatic nitrogens is 2. The Hall–Kier alpha value is -1.68. The number of halogens is 1. The SMILES string of the molecule is Cn1cc(CCc2cccc(F)c2)nc1CN. The first-order valence-electron chi connectivity index (χ1n) is 5.64. The lowest BCUT2D eigenvalue weighted by atomic mass is 10.1. The van der Waals surface area contributed by atoms with Gasteiger partial charge in [-0.2, -0.15) is 0 Å². The molecular weight excluding hydrogens is 217 g/mol. The van der Waals surface area contributed by atoms with Gasteiger partial charge in [0, 0.05) is 13.2 Å². The summed E-state index contributed by atoms with van der Waals surface area (Å²) in [6.45, 7) is 0.441. The highest BCUT2D eigenvalue weighted by Gasteiger charge is 2.04. The molecule has 0 radical (unpaired) electrons. The highest BCUT2D eigenvalue weighted by atomic mass is 19.1. The van der Waals surface area contributed by atoms with Crippen LogP contribution in [0, 0.1) is 5.82 Å². The number of rotatable bonds is 4. The van der Waals surface area contributed by atoms with Gasteiger partial charge in [-0.1, -0.05) is 12.1 Å². The third-order valence-electron chi connectivity index (χ3n) is 2.76. The van der Waals surface area contributed by atoms with Crippen molar-refractivity contribution in [2.24, 2.45) is 12.8 Å². The maximum atomic E-state index is 13.0. The Balaban J connectivity index is 2.02. The maximum absolute atomic E-state index is 13.0. The summed E-state index contributed by atoms with van der Waals surface area (Å²) in [7, 11) is 1.93. The summed E-state index contributed by atoms with van der Waals surface area (Å²) in [4.78, 5) is 4.41. The second-order valence-corrected chi connectivity index (χ2v) is 4.09. The fourth-order valence-corrected chi connectivity index (χ4v) is 1.85. The monoisotopic (exact) mass is 233 g/mol. The Morgan fingerprint density at radius 3 is 2.82 bits per heavy atom. The summed E-state index contributed by atoms with van der Waals surface area (Å²) in [5.74, 6) is 0.686. The molecule has 0 aliphatic rings. The minimum Gasteiger partial charge on any atom is -0.337 e. The van der Waals surface area contributed by atoms with Gasteiger partial charge in [0.15, 0.2) is 0 Å². The summed E-state index contributed by atoms with van der Waals surface area (Å²) in [5, 5.41) is 0. The van der Waals surface area contributed by atoms with Crippen LogP contribution in [0.2, 0.25) is 0 Å². The number of imidazole rings is 1. The van der Waals surface area contributed by atoms with E-state index in [1.54, 1.807) is 12.1 Å². The van der Waals surface area contributed by atoms with Crippen molar-refractivity contribution in [2.75, 3.05) is 0 Å². The van der Waals surface area contributed by atoms with Gasteiger partial charge in [-0.05, 0) is 30.5 Å². The fraction of sp³-hybridized carbons (Fsp3) is 0.308. The maximum Gasteiger partial charge on any atom is 0.123 e. The van der Waals surface area contributed by atoms with Crippen molar-refractivity contribution in [3.8, 4) is 0 Å². The van der Waals surface area contributed by atoms with Gasteiger partial charge >= 0.3 is 0 Å². The summed E-state index contributed by atoms with van der Waals surface area (Å²) in [6, 6.07) is 6.67. The van der Waals surface area contributed by atoms with Crippen LogP contribution in [0.3, 0.4) is 0 Å². The van der Waals surface area contributed by atoms with Crippen molar-refractivity contribution < 1.29 is 4.39 Å². The van der Waals surface area contributed by atoms with Crippen LogP contribution >= 0.6 is 0 Å². The Morgan fingerprint density at radius 2 is 2.18 bits per heavy atom. The van der Waals surface area contributed by atoms with Crippen molar-refractivity contribution in [2.45, 2.75) is 19.4 Å². The third kappa shape index (κ3) is 2.91. The first-order valence-corrected chi connectivity index (χ1v) is 5.64. The Bertz CT molecular complexity index is 505. The number of nitrogens with zero attached hydrogens (tertiary/aromatic N) is 2. The molecule has 0 fully saturated rings. The molecule has 0 saturated heterocycles. The first kappa shape index (κ1) is 11.8. The largest absolute Gasteiger partial charge is 0.337 e. The van der Waals surface area contributed by atoms with Crippen LogP contribution in [0.25, 0.3) is 0 Å². The van der Waals surface area contributed by atoms with E-state index in [1.165, 1.54) is 6.07 Å². The lowest BCUT2D eigenvalue weighted by Gasteiger charge is -1.99. The second-order valence-electron chi connectivity index (χ2n) is 4.09. The van der Waals surface area contributed by atoms with E-state index >= 15 is 0 Å². The first-order chi connectivity index (χ1) is 8.19. The van der Waals surface area contributed by atoms with Gasteiger partial charge in [-0.3, -0.25) is 0 Å². The molecule has 0 bridgehead atoms. The lowest BCUT2D eigenvalue weighted by Crippen LogP contribution is -2.03. The molecule has 0 aliphatic carbocycles. The molecule has 90 valence electrons. The normalized spacial score (nSPS) is 10.8. The molecule has 2 N–H and O–H groups in total. The van der Waals surface area contributed by atoms with Crippen molar-refractivity contribution in [1.29, 1.82) is 0 Å². The number of nitrogens with two attached hydrogens (primary N) is 1. The Kier molecular flexibility index (Phi) is 3.54. The molecule has 2 rings (SSSR count). The van der Waals surface area contributed by atoms with Gasteiger partial charge in [0.2, 0.25) is 0 Å². The van der Waals surface area contributed by atoms with Crippen LogP contribution in [0.15, 0.2) is 30.5 Å². The molecule has 0 aliphatic heterocycles. The molecule has 1 aromatic carbocycles. The fourth-order valence-electron chi connectivity index (χ4n) is 1.85. The molecule has 0 saturated carbocycles. The highest BCUT2D eigenvalue weighted by Crippen LogP contribution is 2.09. The molecule has 0 spiro atoms. The number of benzene rings is 1. The summed E-state index contributed by atoms with van der Waals surface area (Å²) in [6.07, 6.45) is 3.57. The van der Waals surface area contributed by atoms with Crippen LogP contribution in [0.1, 0.15) is 17.1 Å². The molecule has 0 amide bonds. The quantitative estimate of drug-likeness (QED) is 0.875. The van der Waals surface area contributed by atoms with Crippen molar-refractivity contribution >= 4 is 0 Å². The molecule has 17 heavy (non-hydrogen) atoms. The molecule has 1 aromatic heterocycles. The van der Waals surface area contributed by atoms with Crippen LogP contribution < -0.4 is 5.73 Å². The smallest absolute Gasteiger partial charge is 0.123 e. The molecule has 4 heteroatoms. The zero-order chi connectivity index (χ0) is 12.3. The third-order valence-corrected chi connectivity index (χ3v) is 2.76. The molecule has 1 heterocycles. The minimum atomic E-state index is -0.189. The van der Waals surface area contributed by atoms with Crippen LogP contribution in [-0.4, -0.2) is 9.55 Å². The second kappa shape index (κ2) is 5.10. The number of hydrogen-bond acceptors (Lipinski definition) is 2. The molecule has 3 nitrogen and oxygen atoms in total. The number of hydrogen-bond donors (Lipinski definition) is 1. The highest BCUT2D eigenvalue weighted by molar-refractivity contribution is 5.18. The van der Waals surface area contributed by atoms with Gasteiger partial charge < -0.3 is 10.3 Å². The molecular formula is C13H16FN3. The molecule has 0 atom stereocenters. The topological polar surface area (TPSA) is 43.8 Å². The van der Waals surface area contributed by atoms with Crippen molar-refractivity contribution in [1.82, 2.24) is 9.55 Å². The van der Waals surface area contributed by atoms with Crippen LogP contribution in [-0.2, 0) is 26.4 Å². The standard InChI is InChI=1S/C13H16FN3/c1-17-9-12(16-13(17)8-15)6-5-10-3-2-4-11(14)7-10/h2-4,7,9H,5-6,8,15H2,1H3. The predicted molar refractivity (Wildman–Crippen MR) is 64.9 cm³/mol. The van der Waals surface area contributed by atoms with Crippen molar-refractivity contribution in [3.05, 3.63) is 53.4 Å². The van der Waals surface area contributed by atoms with Gasteiger partial charge in [-0.15, -0.1) is 0 Å².